The molecule has 0 spiro atoms. The van der Waals surface area contributed by atoms with Gasteiger partial charge in [0.05, 0.1) is 12.6 Å². The fourth-order valence-corrected chi connectivity index (χ4v) is 2.56. The van der Waals surface area contributed by atoms with Gasteiger partial charge in [-0.1, -0.05) is 6.92 Å². The Morgan fingerprint density at radius 1 is 1.45 bits per heavy atom. The normalized spacial score (nSPS) is 21.4. The van der Waals surface area contributed by atoms with Crippen molar-refractivity contribution in [3.8, 4) is 0 Å². The molecule has 1 amide bonds. The van der Waals surface area contributed by atoms with Gasteiger partial charge in [-0.2, -0.15) is 0 Å². The maximum atomic E-state index is 12.0. The number of rotatable bonds is 8. The maximum absolute atomic E-state index is 12.0. The summed E-state index contributed by atoms with van der Waals surface area (Å²) in [7, 11) is 0. The average Bonchev–Trinajstić information content (AvgIpc) is 2.44. The van der Waals surface area contributed by atoms with Crippen molar-refractivity contribution >= 4 is 11.9 Å². The molecule has 3 N–H and O–H groups in total. The van der Waals surface area contributed by atoms with Crippen LogP contribution in [-0.4, -0.2) is 60.6 Å². The van der Waals surface area contributed by atoms with Gasteiger partial charge in [-0.05, 0) is 45.2 Å². The lowest BCUT2D eigenvalue weighted by Gasteiger charge is -2.36. The maximum Gasteiger partial charge on any atom is 0.317 e. The zero-order valence-corrected chi connectivity index (χ0v) is 12.5. The number of nitrogens with one attached hydrogen (secondary N) is 2. The molecule has 0 aliphatic carbocycles. The smallest absolute Gasteiger partial charge is 0.317 e. The monoisotopic (exact) mass is 285 g/mol. The fourth-order valence-electron chi connectivity index (χ4n) is 2.56. The average molecular weight is 285 g/mol. The Hall–Kier alpha value is -1.14. The Balaban J connectivity index is 2.35. The van der Waals surface area contributed by atoms with Gasteiger partial charge < -0.3 is 15.7 Å². The first kappa shape index (κ1) is 16.9. The van der Waals surface area contributed by atoms with Crippen LogP contribution in [0.2, 0.25) is 0 Å². The molecular formula is C14H27N3O3. The number of hydrogen-bond acceptors (Lipinski definition) is 4. The van der Waals surface area contributed by atoms with Crippen LogP contribution in [0.1, 0.15) is 33.1 Å². The summed E-state index contributed by atoms with van der Waals surface area (Å²) in [5.41, 5.74) is 0. The first-order valence-electron chi connectivity index (χ1n) is 7.48. The van der Waals surface area contributed by atoms with E-state index in [1.165, 1.54) is 0 Å². The second kappa shape index (κ2) is 8.92. The van der Waals surface area contributed by atoms with Crippen molar-refractivity contribution in [3.05, 3.63) is 0 Å². The van der Waals surface area contributed by atoms with Crippen LogP contribution in [0.4, 0.5) is 0 Å². The van der Waals surface area contributed by atoms with Gasteiger partial charge in [-0.3, -0.25) is 14.5 Å². The van der Waals surface area contributed by atoms with Crippen molar-refractivity contribution < 1.29 is 14.7 Å². The first-order valence-corrected chi connectivity index (χ1v) is 7.48. The van der Waals surface area contributed by atoms with Gasteiger partial charge in [0.1, 0.15) is 0 Å². The van der Waals surface area contributed by atoms with Crippen molar-refractivity contribution in [2.45, 2.75) is 39.2 Å². The molecule has 2 unspecified atom stereocenters. The zero-order valence-electron chi connectivity index (χ0n) is 12.5. The summed E-state index contributed by atoms with van der Waals surface area (Å²) in [5, 5.41) is 14.5. The van der Waals surface area contributed by atoms with Crippen LogP contribution in [0.3, 0.4) is 0 Å². The van der Waals surface area contributed by atoms with E-state index in [4.69, 9.17) is 5.11 Å². The molecule has 2 atom stereocenters. The van der Waals surface area contributed by atoms with Gasteiger partial charge in [0.15, 0.2) is 0 Å². The number of likely N-dealkylation sites (tertiary alicyclic amines) is 1. The molecule has 0 aromatic carbocycles. The van der Waals surface area contributed by atoms with E-state index in [9.17, 15) is 9.59 Å². The van der Waals surface area contributed by atoms with Crippen LogP contribution >= 0.6 is 0 Å². The van der Waals surface area contributed by atoms with E-state index in [1.807, 2.05) is 13.8 Å². The molecule has 20 heavy (non-hydrogen) atoms. The van der Waals surface area contributed by atoms with Crippen molar-refractivity contribution in [1.82, 2.24) is 15.5 Å². The van der Waals surface area contributed by atoms with E-state index in [1.54, 1.807) is 0 Å². The third-order valence-corrected chi connectivity index (χ3v) is 3.74. The lowest BCUT2D eigenvalue weighted by molar-refractivity contribution is -0.136. The molecular weight excluding hydrogens is 258 g/mol. The molecule has 0 radical (unpaired) electrons. The van der Waals surface area contributed by atoms with Crippen molar-refractivity contribution in [1.29, 1.82) is 0 Å². The quantitative estimate of drug-likeness (QED) is 0.597. The molecule has 0 aromatic heterocycles. The predicted molar refractivity (Wildman–Crippen MR) is 77.6 cm³/mol. The van der Waals surface area contributed by atoms with Gasteiger partial charge in [0.2, 0.25) is 5.91 Å². The minimum atomic E-state index is -0.829. The number of carbonyl (C=O) groups is 2. The number of nitrogens with zero attached hydrogens (tertiary/aromatic N) is 1. The second-order valence-corrected chi connectivity index (χ2v) is 5.49. The third kappa shape index (κ3) is 5.88. The minimum Gasteiger partial charge on any atom is -0.480 e. The van der Waals surface area contributed by atoms with Crippen molar-refractivity contribution in [3.63, 3.8) is 0 Å². The highest BCUT2D eigenvalue weighted by Crippen LogP contribution is 2.18. The van der Waals surface area contributed by atoms with E-state index in [2.05, 4.69) is 15.5 Å². The molecule has 1 aliphatic heterocycles. The van der Waals surface area contributed by atoms with Crippen LogP contribution in [-0.2, 0) is 9.59 Å². The molecule has 0 saturated carbocycles. The molecule has 116 valence electrons. The molecule has 0 aromatic rings. The van der Waals surface area contributed by atoms with Crippen molar-refractivity contribution in [2.24, 2.45) is 5.92 Å². The molecule has 1 heterocycles. The largest absolute Gasteiger partial charge is 0.480 e. The number of carboxylic acid groups (broad SMARTS) is 1. The molecule has 1 aliphatic rings. The summed E-state index contributed by atoms with van der Waals surface area (Å²) in [6.45, 7) is 7.20. The molecule has 1 rings (SSSR count). The van der Waals surface area contributed by atoms with E-state index in [-0.39, 0.29) is 18.5 Å². The van der Waals surface area contributed by atoms with E-state index < -0.39 is 5.97 Å². The van der Waals surface area contributed by atoms with E-state index in [0.29, 0.717) is 12.5 Å². The van der Waals surface area contributed by atoms with Crippen LogP contribution < -0.4 is 10.6 Å². The van der Waals surface area contributed by atoms with Gasteiger partial charge in [0.25, 0.3) is 0 Å². The molecule has 6 heteroatoms. The Labute approximate surface area is 120 Å². The zero-order chi connectivity index (χ0) is 15.0. The SMILES string of the molecule is CCCNC(=O)C(C)N1CCCC(CNCC(=O)O)C1. The standard InChI is InChI=1S/C14H27N3O3/c1-3-6-16-14(20)11(2)17-7-4-5-12(10-17)8-15-9-13(18)19/h11-12,15H,3-10H2,1-2H3,(H,16,20)(H,18,19). The fraction of sp³-hybridized carbons (Fsp3) is 0.857. The van der Waals surface area contributed by atoms with Crippen molar-refractivity contribution in [2.75, 3.05) is 32.7 Å². The van der Waals surface area contributed by atoms with E-state index >= 15 is 0 Å². The minimum absolute atomic E-state index is 0.00302. The summed E-state index contributed by atoms with van der Waals surface area (Å²) in [5.74, 6) is -0.319. The Morgan fingerprint density at radius 3 is 2.85 bits per heavy atom. The Kier molecular flexibility index (Phi) is 7.54. The number of amides is 1. The lowest BCUT2D eigenvalue weighted by Crippen LogP contribution is -2.50. The number of aliphatic carboxylic acids is 1. The topological polar surface area (TPSA) is 81.7 Å². The van der Waals surface area contributed by atoms with Crippen LogP contribution in [0.25, 0.3) is 0 Å². The third-order valence-electron chi connectivity index (χ3n) is 3.74. The first-order chi connectivity index (χ1) is 9.54. The number of carbonyl (C=O) groups excluding carboxylic acids is 1. The Bertz CT molecular complexity index is 323. The summed E-state index contributed by atoms with van der Waals surface area (Å²) in [6.07, 6.45) is 3.09. The van der Waals surface area contributed by atoms with Crippen LogP contribution in [0, 0.1) is 5.92 Å². The van der Waals surface area contributed by atoms with Crippen LogP contribution in [0.15, 0.2) is 0 Å². The van der Waals surface area contributed by atoms with E-state index in [0.717, 1.165) is 38.9 Å². The summed E-state index contributed by atoms with van der Waals surface area (Å²) < 4.78 is 0. The highest BCUT2D eigenvalue weighted by molar-refractivity contribution is 5.81. The lowest BCUT2D eigenvalue weighted by atomic mass is 9.96. The molecule has 0 bridgehead atoms. The van der Waals surface area contributed by atoms with Gasteiger partial charge in [-0.25, -0.2) is 0 Å². The van der Waals surface area contributed by atoms with Gasteiger partial charge >= 0.3 is 5.97 Å². The highest BCUT2D eigenvalue weighted by atomic mass is 16.4. The highest BCUT2D eigenvalue weighted by Gasteiger charge is 2.26. The molecule has 1 saturated heterocycles. The summed E-state index contributed by atoms with van der Waals surface area (Å²) >= 11 is 0. The van der Waals surface area contributed by atoms with Crippen LogP contribution in [0.5, 0.6) is 0 Å². The second-order valence-electron chi connectivity index (χ2n) is 5.49. The molecule has 1 fully saturated rings. The number of carboxylic acids is 1. The summed E-state index contributed by atoms with van der Waals surface area (Å²) in [4.78, 5) is 24.6. The predicted octanol–water partition coefficient (Wildman–Crippen LogP) is 0.287. The number of piperidine rings is 1. The summed E-state index contributed by atoms with van der Waals surface area (Å²) in [6, 6.07) is -0.108. The Morgan fingerprint density at radius 2 is 2.20 bits per heavy atom. The van der Waals surface area contributed by atoms with Gasteiger partial charge in [-0.15, -0.1) is 0 Å². The molecule has 6 nitrogen and oxygen atoms in total. The van der Waals surface area contributed by atoms with Gasteiger partial charge in [0, 0.05) is 13.1 Å². The number of hydrogen-bond donors (Lipinski definition) is 3.